The number of methoxy groups -OCH3 is 1. The van der Waals surface area contributed by atoms with Crippen molar-refractivity contribution in [2.45, 2.75) is 25.9 Å². The Morgan fingerprint density at radius 1 is 1.38 bits per heavy atom. The van der Waals surface area contributed by atoms with E-state index in [2.05, 4.69) is 43.9 Å². The van der Waals surface area contributed by atoms with Gasteiger partial charge in [0.15, 0.2) is 5.96 Å². The predicted molar refractivity (Wildman–Crippen MR) is 115 cm³/mol. The summed E-state index contributed by atoms with van der Waals surface area (Å²) < 4.78 is 7.65. The fourth-order valence-electron chi connectivity index (χ4n) is 3.45. The summed E-state index contributed by atoms with van der Waals surface area (Å²) in [6.45, 7) is 4.95. The molecule has 26 heavy (non-hydrogen) atoms. The molecule has 0 radical (unpaired) electrons. The van der Waals surface area contributed by atoms with Crippen LogP contribution in [-0.2, 0) is 6.54 Å². The Morgan fingerprint density at radius 3 is 2.88 bits per heavy atom. The highest BCUT2D eigenvalue weighted by Crippen LogP contribution is 2.27. The molecule has 1 aromatic carbocycles. The summed E-state index contributed by atoms with van der Waals surface area (Å²) in [6, 6.07) is 8.49. The first-order valence-corrected chi connectivity index (χ1v) is 8.78. The molecule has 1 aromatic heterocycles. The van der Waals surface area contributed by atoms with Crippen molar-refractivity contribution in [3.63, 3.8) is 0 Å². The zero-order chi connectivity index (χ0) is 17.6. The Hall–Kier alpha value is -1.77. The number of nitrogens with zero attached hydrogens (tertiary/aromatic N) is 4. The number of imidazole rings is 1. The SMILES string of the molecule is CN=C(NCc1ccccc1OC)N1CCC(C)C(n2ccnc2)C1.I. The summed E-state index contributed by atoms with van der Waals surface area (Å²) in [4.78, 5) is 11.0. The van der Waals surface area contributed by atoms with Crippen molar-refractivity contribution in [2.24, 2.45) is 10.9 Å². The lowest BCUT2D eigenvalue weighted by Gasteiger charge is -2.39. The Balaban J connectivity index is 0.00000243. The minimum atomic E-state index is 0. The first-order valence-electron chi connectivity index (χ1n) is 8.78. The predicted octanol–water partition coefficient (Wildman–Crippen LogP) is 3.17. The lowest BCUT2D eigenvalue weighted by atomic mass is 9.93. The van der Waals surface area contributed by atoms with Gasteiger partial charge in [-0.05, 0) is 18.4 Å². The van der Waals surface area contributed by atoms with E-state index in [1.54, 1.807) is 7.11 Å². The number of ether oxygens (including phenoxy) is 1. The smallest absolute Gasteiger partial charge is 0.193 e. The van der Waals surface area contributed by atoms with Gasteiger partial charge in [0, 0.05) is 44.6 Å². The largest absolute Gasteiger partial charge is 0.496 e. The van der Waals surface area contributed by atoms with E-state index in [-0.39, 0.29) is 24.0 Å². The first-order chi connectivity index (χ1) is 12.2. The van der Waals surface area contributed by atoms with Crippen molar-refractivity contribution < 1.29 is 4.74 Å². The van der Waals surface area contributed by atoms with Gasteiger partial charge < -0.3 is 19.5 Å². The van der Waals surface area contributed by atoms with Crippen molar-refractivity contribution in [1.82, 2.24) is 19.8 Å². The summed E-state index contributed by atoms with van der Waals surface area (Å²) in [7, 11) is 3.55. The molecule has 1 aliphatic heterocycles. The molecule has 1 aliphatic rings. The van der Waals surface area contributed by atoms with Crippen LogP contribution in [0.3, 0.4) is 0 Å². The Kier molecular flexibility index (Phi) is 7.74. The van der Waals surface area contributed by atoms with Crippen LogP contribution in [0.2, 0.25) is 0 Å². The van der Waals surface area contributed by atoms with E-state index < -0.39 is 0 Å². The molecule has 7 heteroatoms. The Labute approximate surface area is 172 Å². The van der Waals surface area contributed by atoms with E-state index >= 15 is 0 Å². The molecule has 0 spiro atoms. The summed E-state index contributed by atoms with van der Waals surface area (Å²) in [5.41, 5.74) is 1.13. The van der Waals surface area contributed by atoms with Gasteiger partial charge in [-0.25, -0.2) is 4.98 Å². The molecule has 0 saturated carbocycles. The monoisotopic (exact) mass is 469 g/mol. The number of likely N-dealkylation sites (tertiary alicyclic amines) is 1. The molecule has 1 fully saturated rings. The topological polar surface area (TPSA) is 54.7 Å². The quantitative estimate of drug-likeness (QED) is 0.425. The Morgan fingerprint density at radius 2 is 2.19 bits per heavy atom. The third kappa shape index (κ3) is 4.69. The van der Waals surface area contributed by atoms with Crippen LogP contribution < -0.4 is 10.1 Å². The number of para-hydroxylation sites is 1. The fourth-order valence-corrected chi connectivity index (χ4v) is 3.45. The molecule has 6 nitrogen and oxygen atoms in total. The summed E-state index contributed by atoms with van der Waals surface area (Å²) in [5.74, 6) is 2.45. The standard InChI is InChI=1S/C19H27N5O.HI/c1-15-8-10-23(13-17(15)24-11-9-21-14-24)19(20-2)22-12-16-6-4-5-7-18(16)25-3;/h4-7,9,11,14-15,17H,8,10,12-13H2,1-3H3,(H,20,22);1H. The van der Waals surface area contributed by atoms with Gasteiger partial charge in [0.05, 0.1) is 19.5 Å². The number of nitrogens with one attached hydrogen (secondary N) is 1. The van der Waals surface area contributed by atoms with Gasteiger partial charge in [-0.2, -0.15) is 0 Å². The average Bonchev–Trinajstić information content (AvgIpc) is 3.18. The second-order valence-electron chi connectivity index (χ2n) is 6.50. The maximum absolute atomic E-state index is 5.43. The molecule has 1 saturated heterocycles. The zero-order valence-corrected chi connectivity index (χ0v) is 18.0. The number of hydrogen-bond acceptors (Lipinski definition) is 3. The van der Waals surface area contributed by atoms with Crippen molar-refractivity contribution in [3.8, 4) is 5.75 Å². The lowest BCUT2D eigenvalue weighted by Crippen LogP contribution is -2.48. The molecule has 2 heterocycles. The van der Waals surface area contributed by atoms with E-state index in [9.17, 15) is 0 Å². The summed E-state index contributed by atoms with van der Waals surface area (Å²) >= 11 is 0. The second-order valence-corrected chi connectivity index (χ2v) is 6.50. The first kappa shape index (κ1) is 20.5. The van der Waals surface area contributed by atoms with Crippen molar-refractivity contribution in [1.29, 1.82) is 0 Å². The van der Waals surface area contributed by atoms with Crippen LogP contribution in [0.25, 0.3) is 0 Å². The number of piperidine rings is 1. The molecule has 2 aromatic rings. The molecule has 0 aliphatic carbocycles. The summed E-state index contributed by atoms with van der Waals surface area (Å²) in [6.07, 6.45) is 6.95. The number of aliphatic imine (C=N–C) groups is 1. The van der Waals surface area contributed by atoms with Crippen LogP contribution >= 0.6 is 24.0 Å². The van der Waals surface area contributed by atoms with Crippen LogP contribution in [0.1, 0.15) is 24.9 Å². The minimum Gasteiger partial charge on any atom is -0.496 e. The molecule has 3 rings (SSSR count). The van der Waals surface area contributed by atoms with Crippen LogP contribution in [0.4, 0.5) is 0 Å². The van der Waals surface area contributed by atoms with Gasteiger partial charge in [-0.15, -0.1) is 24.0 Å². The number of halogens is 1. The maximum atomic E-state index is 5.43. The second kappa shape index (κ2) is 9.80. The van der Waals surface area contributed by atoms with Crippen molar-refractivity contribution >= 4 is 29.9 Å². The van der Waals surface area contributed by atoms with Gasteiger partial charge in [0.2, 0.25) is 0 Å². The normalized spacial score (nSPS) is 20.4. The number of aromatic nitrogens is 2. The molecular formula is C19H28IN5O. The number of guanidine groups is 1. The molecule has 0 amide bonds. The van der Waals surface area contributed by atoms with E-state index in [1.165, 1.54) is 0 Å². The fraction of sp³-hybridized carbons (Fsp3) is 0.474. The van der Waals surface area contributed by atoms with E-state index in [0.717, 1.165) is 36.8 Å². The highest BCUT2D eigenvalue weighted by Gasteiger charge is 2.28. The molecule has 142 valence electrons. The average molecular weight is 469 g/mol. The minimum absolute atomic E-state index is 0. The molecule has 1 N–H and O–H groups in total. The lowest BCUT2D eigenvalue weighted by molar-refractivity contribution is 0.189. The van der Waals surface area contributed by atoms with Gasteiger partial charge in [-0.1, -0.05) is 25.1 Å². The van der Waals surface area contributed by atoms with Crippen molar-refractivity contribution in [2.75, 3.05) is 27.2 Å². The van der Waals surface area contributed by atoms with Crippen LogP contribution in [0, 0.1) is 5.92 Å². The zero-order valence-electron chi connectivity index (χ0n) is 15.6. The van der Waals surface area contributed by atoms with Gasteiger partial charge in [0.25, 0.3) is 0 Å². The van der Waals surface area contributed by atoms with Gasteiger partial charge in [0.1, 0.15) is 5.75 Å². The van der Waals surface area contributed by atoms with Crippen LogP contribution in [0.5, 0.6) is 5.75 Å². The van der Waals surface area contributed by atoms with E-state index in [4.69, 9.17) is 4.74 Å². The number of hydrogen-bond donors (Lipinski definition) is 1. The number of rotatable bonds is 4. The molecule has 2 unspecified atom stereocenters. The summed E-state index contributed by atoms with van der Waals surface area (Å²) in [5, 5.41) is 3.48. The highest BCUT2D eigenvalue weighted by atomic mass is 127. The number of benzene rings is 1. The van der Waals surface area contributed by atoms with Crippen LogP contribution in [-0.4, -0.2) is 47.7 Å². The highest BCUT2D eigenvalue weighted by molar-refractivity contribution is 14.0. The van der Waals surface area contributed by atoms with Gasteiger partial charge >= 0.3 is 0 Å². The molecular weight excluding hydrogens is 441 g/mol. The Bertz CT molecular complexity index is 704. The molecule has 2 atom stereocenters. The third-order valence-corrected chi connectivity index (χ3v) is 4.97. The van der Waals surface area contributed by atoms with Crippen molar-refractivity contribution in [3.05, 3.63) is 48.5 Å². The van der Waals surface area contributed by atoms with Gasteiger partial charge in [-0.3, -0.25) is 4.99 Å². The van der Waals surface area contributed by atoms with E-state index in [0.29, 0.717) is 18.5 Å². The van der Waals surface area contributed by atoms with E-state index in [1.807, 2.05) is 37.8 Å². The van der Waals surface area contributed by atoms with Crippen LogP contribution in [0.15, 0.2) is 48.0 Å². The maximum Gasteiger partial charge on any atom is 0.193 e. The third-order valence-electron chi connectivity index (χ3n) is 4.97. The molecule has 0 bridgehead atoms.